The van der Waals surface area contributed by atoms with Gasteiger partial charge in [-0.2, -0.15) is 11.8 Å². The van der Waals surface area contributed by atoms with E-state index in [2.05, 4.69) is 13.8 Å². The Balaban J connectivity index is 2.23. The molecule has 0 amide bonds. The number of hydrogen-bond acceptors (Lipinski definition) is 4. The van der Waals surface area contributed by atoms with Crippen LogP contribution in [-0.4, -0.2) is 39.1 Å². The summed E-state index contributed by atoms with van der Waals surface area (Å²) in [4.78, 5) is 22.5. The van der Waals surface area contributed by atoms with E-state index in [4.69, 9.17) is 5.11 Å². The van der Waals surface area contributed by atoms with Crippen molar-refractivity contribution in [3.05, 3.63) is 0 Å². The number of rotatable bonds is 12. The standard InChI is InChI=1S/C18H32O4S/c1-13(2)11-14(19)12-23-17-10-9-16(20)15(17)7-5-3-4-6-8-18(21)22/h13-15,17,19H,3-12H2,1-2H3,(H,21,22). The monoisotopic (exact) mass is 344 g/mol. The summed E-state index contributed by atoms with van der Waals surface area (Å²) < 4.78 is 0. The molecule has 4 nitrogen and oxygen atoms in total. The summed E-state index contributed by atoms with van der Waals surface area (Å²) in [5, 5.41) is 19.0. The number of hydrogen-bond donors (Lipinski definition) is 2. The van der Waals surface area contributed by atoms with E-state index >= 15 is 0 Å². The maximum absolute atomic E-state index is 12.1. The Morgan fingerprint density at radius 1 is 1.26 bits per heavy atom. The van der Waals surface area contributed by atoms with Crippen LogP contribution in [0.4, 0.5) is 0 Å². The number of thioether (sulfide) groups is 1. The number of carbonyl (C=O) groups is 2. The molecule has 0 aromatic heterocycles. The number of carbonyl (C=O) groups excluding carboxylic acids is 1. The van der Waals surface area contributed by atoms with Crippen LogP contribution in [0.1, 0.15) is 71.6 Å². The first-order valence-electron chi connectivity index (χ1n) is 8.94. The second kappa shape index (κ2) is 11.1. The molecular weight excluding hydrogens is 312 g/mol. The number of aliphatic hydroxyl groups excluding tert-OH is 1. The van der Waals surface area contributed by atoms with Gasteiger partial charge in [-0.15, -0.1) is 0 Å². The number of Topliss-reactive ketones (excluding diaryl/α,β-unsaturated/α-hetero) is 1. The SMILES string of the molecule is CC(C)CC(O)CSC1CCC(=O)C1CCCCCCC(=O)O. The Kier molecular flexibility index (Phi) is 9.88. The molecule has 0 aromatic carbocycles. The molecule has 0 saturated heterocycles. The van der Waals surface area contributed by atoms with Crippen LogP contribution in [0.5, 0.6) is 0 Å². The first kappa shape index (κ1) is 20.5. The van der Waals surface area contributed by atoms with Crippen molar-refractivity contribution in [1.82, 2.24) is 0 Å². The highest BCUT2D eigenvalue weighted by atomic mass is 32.2. The van der Waals surface area contributed by atoms with Crippen molar-refractivity contribution >= 4 is 23.5 Å². The summed E-state index contributed by atoms with van der Waals surface area (Å²) >= 11 is 1.77. The number of unbranched alkanes of at least 4 members (excludes halogenated alkanes) is 3. The van der Waals surface area contributed by atoms with Gasteiger partial charge >= 0.3 is 5.97 Å². The molecule has 134 valence electrons. The lowest BCUT2D eigenvalue weighted by Gasteiger charge is -2.20. The van der Waals surface area contributed by atoms with Gasteiger partial charge in [-0.05, 0) is 31.6 Å². The van der Waals surface area contributed by atoms with E-state index < -0.39 is 5.97 Å². The zero-order chi connectivity index (χ0) is 17.2. The van der Waals surface area contributed by atoms with Crippen molar-refractivity contribution in [2.24, 2.45) is 11.8 Å². The predicted molar refractivity (Wildman–Crippen MR) is 94.8 cm³/mol. The van der Waals surface area contributed by atoms with Crippen molar-refractivity contribution in [3.8, 4) is 0 Å². The third-order valence-corrected chi connectivity index (χ3v) is 6.01. The molecule has 0 heterocycles. The topological polar surface area (TPSA) is 74.6 Å². The van der Waals surface area contributed by atoms with Gasteiger partial charge < -0.3 is 10.2 Å². The second-order valence-electron chi connectivity index (χ2n) is 7.11. The van der Waals surface area contributed by atoms with Crippen molar-refractivity contribution in [2.45, 2.75) is 83.0 Å². The number of aliphatic hydroxyl groups is 1. The quantitative estimate of drug-likeness (QED) is 0.525. The van der Waals surface area contributed by atoms with Crippen molar-refractivity contribution in [1.29, 1.82) is 0 Å². The zero-order valence-corrected chi connectivity index (χ0v) is 15.3. The maximum atomic E-state index is 12.1. The molecule has 3 atom stereocenters. The lowest BCUT2D eigenvalue weighted by atomic mass is 9.98. The summed E-state index contributed by atoms with van der Waals surface area (Å²) in [6.07, 6.45) is 7.01. The van der Waals surface area contributed by atoms with E-state index in [1.54, 1.807) is 11.8 Å². The molecular formula is C18H32O4S. The molecule has 0 radical (unpaired) electrons. The van der Waals surface area contributed by atoms with Gasteiger partial charge in [-0.25, -0.2) is 0 Å². The summed E-state index contributed by atoms with van der Waals surface area (Å²) in [7, 11) is 0. The van der Waals surface area contributed by atoms with Gasteiger partial charge in [0.15, 0.2) is 0 Å². The van der Waals surface area contributed by atoms with Crippen molar-refractivity contribution < 1.29 is 19.8 Å². The van der Waals surface area contributed by atoms with E-state index in [1.165, 1.54) is 0 Å². The van der Waals surface area contributed by atoms with Gasteiger partial charge in [0.1, 0.15) is 5.78 Å². The normalized spacial score (nSPS) is 22.7. The fourth-order valence-corrected chi connectivity index (χ4v) is 4.68. The molecule has 23 heavy (non-hydrogen) atoms. The highest BCUT2D eigenvalue weighted by Crippen LogP contribution is 2.36. The lowest BCUT2D eigenvalue weighted by Crippen LogP contribution is -2.20. The Morgan fingerprint density at radius 2 is 1.96 bits per heavy atom. The minimum absolute atomic E-state index is 0.144. The van der Waals surface area contributed by atoms with Crippen LogP contribution in [0.25, 0.3) is 0 Å². The van der Waals surface area contributed by atoms with E-state index in [1.807, 2.05) is 0 Å². The maximum Gasteiger partial charge on any atom is 0.303 e. The Hall–Kier alpha value is -0.550. The molecule has 1 aliphatic rings. The minimum atomic E-state index is -0.729. The number of aliphatic carboxylic acids is 1. The van der Waals surface area contributed by atoms with Crippen LogP contribution in [0, 0.1) is 11.8 Å². The van der Waals surface area contributed by atoms with E-state index in [0.717, 1.165) is 50.7 Å². The largest absolute Gasteiger partial charge is 0.481 e. The Bertz CT molecular complexity index is 370. The molecule has 5 heteroatoms. The van der Waals surface area contributed by atoms with E-state index in [0.29, 0.717) is 23.4 Å². The molecule has 1 aliphatic carbocycles. The van der Waals surface area contributed by atoms with Gasteiger partial charge in [0.05, 0.1) is 6.10 Å². The van der Waals surface area contributed by atoms with Crippen LogP contribution in [0.15, 0.2) is 0 Å². The molecule has 1 fully saturated rings. The average molecular weight is 345 g/mol. The molecule has 0 spiro atoms. The molecule has 0 aliphatic heterocycles. The first-order valence-corrected chi connectivity index (χ1v) is 9.99. The summed E-state index contributed by atoms with van der Waals surface area (Å²) in [5.74, 6) is 1.02. The van der Waals surface area contributed by atoms with E-state index in [-0.39, 0.29) is 18.4 Å². The Morgan fingerprint density at radius 3 is 2.61 bits per heavy atom. The summed E-state index contributed by atoms with van der Waals surface area (Å²) in [5.41, 5.74) is 0. The fraction of sp³-hybridized carbons (Fsp3) is 0.889. The molecule has 0 aromatic rings. The van der Waals surface area contributed by atoms with E-state index in [9.17, 15) is 14.7 Å². The third-order valence-electron chi connectivity index (χ3n) is 4.44. The van der Waals surface area contributed by atoms with Crippen LogP contribution in [0.3, 0.4) is 0 Å². The number of ketones is 1. The zero-order valence-electron chi connectivity index (χ0n) is 14.5. The van der Waals surface area contributed by atoms with Crippen LogP contribution >= 0.6 is 11.8 Å². The molecule has 1 saturated carbocycles. The highest BCUT2D eigenvalue weighted by Gasteiger charge is 2.34. The number of carboxylic acids is 1. The Labute approximate surface area is 144 Å². The summed E-state index contributed by atoms with van der Waals surface area (Å²) in [6, 6.07) is 0. The fourth-order valence-electron chi connectivity index (χ4n) is 3.27. The van der Waals surface area contributed by atoms with Gasteiger partial charge in [-0.1, -0.05) is 33.1 Å². The smallest absolute Gasteiger partial charge is 0.303 e. The molecule has 2 N–H and O–H groups in total. The number of carboxylic acid groups (broad SMARTS) is 1. The van der Waals surface area contributed by atoms with Crippen LogP contribution in [-0.2, 0) is 9.59 Å². The third kappa shape index (κ3) is 8.75. The van der Waals surface area contributed by atoms with Gasteiger partial charge in [0, 0.05) is 29.8 Å². The molecule has 3 unspecified atom stereocenters. The highest BCUT2D eigenvalue weighted by molar-refractivity contribution is 8.00. The van der Waals surface area contributed by atoms with Gasteiger partial charge in [0.25, 0.3) is 0 Å². The van der Waals surface area contributed by atoms with Crippen molar-refractivity contribution in [3.63, 3.8) is 0 Å². The molecule has 0 bridgehead atoms. The molecule has 1 rings (SSSR count). The summed E-state index contributed by atoms with van der Waals surface area (Å²) in [6.45, 7) is 4.22. The minimum Gasteiger partial charge on any atom is -0.481 e. The van der Waals surface area contributed by atoms with Crippen LogP contribution in [0.2, 0.25) is 0 Å². The van der Waals surface area contributed by atoms with Gasteiger partial charge in [-0.3, -0.25) is 9.59 Å². The predicted octanol–water partition coefficient (Wildman–Crippen LogP) is 3.90. The van der Waals surface area contributed by atoms with Crippen LogP contribution < -0.4 is 0 Å². The first-order chi connectivity index (χ1) is 10.9. The van der Waals surface area contributed by atoms with Crippen molar-refractivity contribution in [2.75, 3.05) is 5.75 Å². The average Bonchev–Trinajstić information content (AvgIpc) is 2.80. The van der Waals surface area contributed by atoms with Gasteiger partial charge in [0.2, 0.25) is 0 Å². The second-order valence-corrected chi connectivity index (χ2v) is 8.39. The lowest BCUT2D eigenvalue weighted by molar-refractivity contribution is -0.137.